The summed E-state index contributed by atoms with van der Waals surface area (Å²) in [6.07, 6.45) is 2.46. The molecule has 2 heterocycles. The van der Waals surface area contributed by atoms with Crippen molar-refractivity contribution in [3.63, 3.8) is 0 Å². The van der Waals surface area contributed by atoms with Gasteiger partial charge in [0.25, 0.3) is 0 Å². The largest absolute Gasteiger partial charge is 0.433 e. The van der Waals surface area contributed by atoms with Gasteiger partial charge in [0.2, 0.25) is 0 Å². The Hall–Kier alpha value is -1.43. The molecule has 0 saturated carbocycles. The molecule has 0 aliphatic carbocycles. The quantitative estimate of drug-likeness (QED) is 0.871. The van der Waals surface area contributed by atoms with E-state index in [4.69, 9.17) is 0 Å². The summed E-state index contributed by atoms with van der Waals surface area (Å²) >= 11 is 0. The van der Waals surface area contributed by atoms with E-state index in [1.807, 2.05) is 7.05 Å². The van der Waals surface area contributed by atoms with E-state index in [0.717, 1.165) is 31.9 Å². The number of hydrogen-bond donors (Lipinski definition) is 1. The molecule has 4 nitrogen and oxygen atoms in total. The molecule has 100 valence electrons. The van der Waals surface area contributed by atoms with Crippen LogP contribution in [-0.2, 0) is 0 Å². The van der Waals surface area contributed by atoms with Gasteiger partial charge in [-0.05, 0) is 38.1 Å². The van der Waals surface area contributed by atoms with Crippen molar-refractivity contribution in [3.8, 4) is 5.75 Å². The smallest absolute Gasteiger partial charge is 0.387 e. The molecule has 0 amide bonds. The Morgan fingerprint density at radius 1 is 1.56 bits per heavy atom. The van der Waals surface area contributed by atoms with Gasteiger partial charge in [-0.2, -0.15) is 8.78 Å². The highest BCUT2D eigenvalue weighted by Crippen LogP contribution is 2.23. The summed E-state index contributed by atoms with van der Waals surface area (Å²) in [6, 6.07) is 3.25. The standard InChI is InChI=1S/C12H17F2N3O/c1-15-6-9-4-5-17(8-9)11-3-2-10(7-16-11)18-12(13)14/h2-3,7,9,12,15H,4-6,8H2,1H3. The first kappa shape index (κ1) is 13.0. The lowest BCUT2D eigenvalue weighted by Gasteiger charge is -2.17. The Labute approximate surface area is 105 Å². The molecule has 0 bridgehead atoms. The minimum absolute atomic E-state index is 0.0970. The highest BCUT2D eigenvalue weighted by Gasteiger charge is 2.22. The molecule has 1 aliphatic rings. The van der Waals surface area contributed by atoms with Gasteiger partial charge in [-0.25, -0.2) is 4.98 Å². The average Bonchev–Trinajstić information content (AvgIpc) is 2.78. The lowest BCUT2D eigenvalue weighted by atomic mass is 10.1. The monoisotopic (exact) mass is 257 g/mol. The minimum Gasteiger partial charge on any atom is -0.433 e. The maximum atomic E-state index is 12.0. The number of anilines is 1. The Morgan fingerprint density at radius 2 is 2.39 bits per heavy atom. The first-order valence-corrected chi connectivity index (χ1v) is 5.99. The van der Waals surface area contributed by atoms with Crippen LogP contribution in [0.1, 0.15) is 6.42 Å². The molecule has 6 heteroatoms. The summed E-state index contributed by atoms with van der Waals surface area (Å²) in [5.74, 6) is 1.53. The van der Waals surface area contributed by atoms with E-state index in [2.05, 4.69) is 19.9 Å². The normalized spacial score (nSPS) is 19.6. The van der Waals surface area contributed by atoms with Crippen molar-refractivity contribution >= 4 is 5.82 Å². The average molecular weight is 257 g/mol. The predicted molar refractivity (Wildman–Crippen MR) is 65.1 cm³/mol. The molecule has 0 radical (unpaired) electrons. The maximum absolute atomic E-state index is 12.0. The molecule has 0 aromatic carbocycles. The minimum atomic E-state index is -2.80. The second kappa shape index (κ2) is 5.95. The van der Waals surface area contributed by atoms with Gasteiger partial charge < -0.3 is 15.0 Å². The van der Waals surface area contributed by atoms with Crippen LogP contribution in [0.5, 0.6) is 5.75 Å². The zero-order chi connectivity index (χ0) is 13.0. The summed E-state index contributed by atoms with van der Waals surface area (Å²) in [5.41, 5.74) is 0. The van der Waals surface area contributed by atoms with E-state index in [1.54, 1.807) is 6.07 Å². The second-order valence-corrected chi connectivity index (χ2v) is 4.39. The molecule has 2 rings (SSSR count). The van der Waals surface area contributed by atoms with E-state index in [-0.39, 0.29) is 5.75 Å². The van der Waals surface area contributed by atoms with Crippen molar-refractivity contribution in [2.24, 2.45) is 5.92 Å². The van der Waals surface area contributed by atoms with E-state index in [9.17, 15) is 8.78 Å². The van der Waals surface area contributed by atoms with E-state index in [0.29, 0.717) is 5.92 Å². The molecule has 1 aromatic rings. The van der Waals surface area contributed by atoms with Crippen LogP contribution in [0.3, 0.4) is 0 Å². The van der Waals surface area contributed by atoms with Crippen LogP contribution < -0.4 is 15.0 Å². The fourth-order valence-electron chi connectivity index (χ4n) is 2.23. The Kier molecular flexibility index (Phi) is 4.30. The number of hydrogen-bond acceptors (Lipinski definition) is 4. The van der Waals surface area contributed by atoms with Crippen molar-refractivity contribution < 1.29 is 13.5 Å². The van der Waals surface area contributed by atoms with Crippen LogP contribution in [0.15, 0.2) is 18.3 Å². The summed E-state index contributed by atoms with van der Waals surface area (Å²) in [6.45, 7) is 0.0878. The van der Waals surface area contributed by atoms with E-state index < -0.39 is 6.61 Å². The molecule has 1 unspecified atom stereocenters. The predicted octanol–water partition coefficient (Wildman–Crippen LogP) is 1.73. The second-order valence-electron chi connectivity index (χ2n) is 4.39. The third-order valence-corrected chi connectivity index (χ3v) is 3.05. The molecule has 0 spiro atoms. The van der Waals surface area contributed by atoms with Gasteiger partial charge in [0.15, 0.2) is 0 Å². The van der Waals surface area contributed by atoms with Crippen LogP contribution in [0.4, 0.5) is 14.6 Å². The topological polar surface area (TPSA) is 37.4 Å². The zero-order valence-corrected chi connectivity index (χ0v) is 10.3. The van der Waals surface area contributed by atoms with Gasteiger partial charge in [-0.1, -0.05) is 0 Å². The summed E-state index contributed by atoms with van der Waals surface area (Å²) < 4.78 is 28.2. The number of aromatic nitrogens is 1. The van der Waals surface area contributed by atoms with Gasteiger partial charge in [0.1, 0.15) is 11.6 Å². The molecular weight excluding hydrogens is 240 g/mol. The van der Waals surface area contributed by atoms with Crippen LogP contribution in [0, 0.1) is 5.92 Å². The van der Waals surface area contributed by atoms with Crippen molar-refractivity contribution in [3.05, 3.63) is 18.3 Å². The third kappa shape index (κ3) is 3.29. The fourth-order valence-corrected chi connectivity index (χ4v) is 2.23. The SMILES string of the molecule is CNCC1CCN(c2ccc(OC(F)F)cn2)C1. The molecular formula is C12H17F2N3O. The lowest BCUT2D eigenvalue weighted by molar-refractivity contribution is -0.0500. The Bertz CT molecular complexity index is 372. The molecule has 1 atom stereocenters. The summed E-state index contributed by atoms with van der Waals surface area (Å²) in [4.78, 5) is 6.32. The first-order chi connectivity index (χ1) is 8.69. The number of halogens is 2. The van der Waals surface area contributed by atoms with Gasteiger partial charge in [-0.15, -0.1) is 0 Å². The van der Waals surface area contributed by atoms with E-state index in [1.165, 1.54) is 12.3 Å². The number of alkyl halides is 2. The number of ether oxygens (including phenoxy) is 1. The van der Waals surface area contributed by atoms with Crippen LogP contribution in [0.25, 0.3) is 0 Å². The van der Waals surface area contributed by atoms with Crippen molar-refractivity contribution in [1.82, 2.24) is 10.3 Å². The fraction of sp³-hybridized carbons (Fsp3) is 0.583. The molecule has 1 aromatic heterocycles. The van der Waals surface area contributed by atoms with Gasteiger partial charge in [-0.3, -0.25) is 0 Å². The van der Waals surface area contributed by atoms with Crippen LogP contribution in [-0.4, -0.2) is 38.3 Å². The highest BCUT2D eigenvalue weighted by atomic mass is 19.3. The van der Waals surface area contributed by atoms with E-state index >= 15 is 0 Å². The van der Waals surface area contributed by atoms with Gasteiger partial charge >= 0.3 is 6.61 Å². The number of nitrogens with one attached hydrogen (secondary N) is 1. The number of pyridine rings is 1. The molecule has 1 N–H and O–H groups in total. The van der Waals surface area contributed by atoms with Crippen LogP contribution >= 0.6 is 0 Å². The van der Waals surface area contributed by atoms with Gasteiger partial charge in [0.05, 0.1) is 6.20 Å². The van der Waals surface area contributed by atoms with Crippen molar-refractivity contribution in [2.45, 2.75) is 13.0 Å². The maximum Gasteiger partial charge on any atom is 0.387 e. The van der Waals surface area contributed by atoms with Gasteiger partial charge in [0, 0.05) is 13.1 Å². The Balaban J connectivity index is 1.94. The molecule has 1 saturated heterocycles. The van der Waals surface area contributed by atoms with Crippen LogP contribution in [0.2, 0.25) is 0 Å². The Morgan fingerprint density at radius 3 is 3.00 bits per heavy atom. The van der Waals surface area contributed by atoms with Crippen molar-refractivity contribution in [2.75, 3.05) is 31.6 Å². The third-order valence-electron chi connectivity index (χ3n) is 3.05. The number of nitrogens with zero attached hydrogens (tertiary/aromatic N) is 2. The zero-order valence-electron chi connectivity index (χ0n) is 10.3. The first-order valence-electron chi connectivity index (χ1n) is 5.99. The summed E-state index contributed by atoms with van der Waals surface area (Å²) in [5, 5.41) is 3.16. The van der Waals surface area contributed by atoms with Crippen molar-refractivity contribution in [1.29, 1.82) is 0 Å². The number of rotatable bonds is 5. The lowest BCUT2D eigenvalue weighted by Crippen LogP contribution is -2.24. The molecule has 1 fully saturated rings. The summed E-state index contributed by atoms with van der Waals surface area (Å²) in [7, 11) is 1.94. The highest BCUT2D eigenvalue weighted by molar-refractivity contribution is 5.41. The molecule has 18 heavy (non-hydrogen) atoms. The molecule has 1 aliphatic heterocycles.